The van der Waals surface area contributed by atoms with E-state index < -0.39 is 0 Å². The monoisotopic (exact) mass is 190 g/mol. The van der Waals surface area contributed by atoms with E-state index in [0.717, 1.165) is 12.8 Å². The van der Waals surface area contributed by atoms with Gasteiger partial charge in [-0.1, -0.05) is 48.6 Å². The fraction of sp³-hybridized carbons (Fsp3) is 0.231. The van der Waals surface area contributed by atoms with Crippen molar-refractivity contribution in [3.05, 3.63) is 47.5 Å². The van der Waals surface area contributed by atoms with Crippen molar-refractivity contribution in [1.29, 1.82) is 0 Å². The zero-order chi connectivity index (χ0) is 10.2. The largest absolute Gasteiger partial charge is 0.255 e. The summed E-state index contributed by atoms with van der Waals surface area (Å²) in [5.74, 6) is 0. The molecule has 1 aromatic carbocycles. The summed E-state index contributed by atoms with van der Waals surface area (Å²) in [6.07, 6.45) is 11.2. The molecule has 0 aliphatic heterocycles. The van der Waals surface area contributed by atoms with E-state index in [1.54, 1.807) is 0 Å². The number of hydrogen-bond acceptors (Lipinski definition) is 0. The van der Waals surface area contributed by atoms with Crippen LogP contribution in [0.1, 0.15) is 24.0 Å². The van der Waals surface area contributed by atoms with Gasteiger partial charge in [0.25, 0.3) is 0 Å². The lowest BCUT2D eigenvalue weighted by atomic mass is 10.0. The predicted octanol–water partition coefficient (Wildman–Crippen LogP) is 4.09. The van der Waals surface area contributed by atoms with E-state index in [9.17, 15) is 4.39 Å². The minimum atomic E-state index is 0.500. The van der Waals surface area contributed by atoms with E-state index >= 15 is 0 Å². The highest BCUT2D eigenvalue weighted by Gasteiger charge is 1.94. The van der Waals surface area contributed by atoms with Gasteiger partial charge in [0.15, 0.2) is 0 Å². The molecular weight excluding hydrogens is 175 g/mol. The first-order chi connectivity index (χ1) is 6.97. The Kier molecular flexibility index (Phi) is 4.70. The molecule has 0 atom stereocenters. The van der Waals surface area contributed by atoms with Crippen LogP contribution in [0.3, 0.4) is 0 Å². The molecule has 0 aromatic heterocycles. The van der Waals surface area contributed by atoms with Gasteiger partial charge in [0.05, 0.1) is 7.18 Å². The molecule has 2 rings (SSSR count). The smallest absolute Gasteiger partial charge is 0.0785 e. The molecule has 0 saturated carbocycles. The highest BCUT2D eigenvalue weighted by atomic mass is 19.1. The van der Waals surface area contributed by atoms with Crippen molar-refractivity contribution in [2.45, 2.75) is 12.8 Å². The summed E-state index contributed by atoms with van der Waals surface area (Å²) < 4.78 is 9.50. The Morgan fingerprint density at radius 1 is 0.857 bits per heavy atom. The van der Waals surface area contributed by atoms with Gasteiger partial charge in [-0.25, -0.2) is 0 Å². The Bertz CT molecular complexity index is 291. The SMILES string of the molecule is C1=C\c2ccccc2/C=C\CC/1.CF. The zero-order valence-corrected chi connectivity index (χ0v) is 8.41. The normalized spacial score (nSPS) is 17.9. The molecule has 1 aromatic rings. The van der Waals surface area contributed by atoms with Crippen molar-refractivity contribution in [3.63, 3.8) is 0 Å². The first-order valence-electron chi connectivity index (χ1n) is 4.77. The van der Waals surface area contributed by atoms with Crippen molar-refractivity contribution in [3.8, 4) is 0 Å². The number of allylic oxidation sites excluding steroid dienone is 2. The highest BCUT2D eigenvalue weighted by molar-refractivity contribution is 5.65. The lowest BCUT2D eigenvalue weighted by molar-refractivity contribution is 0.636. The van der Waals surface area contributed by atoms with Crippen LogP contribution in [0, 0.1) is 0 Å². The molecule has 0 amide bonds. The van der Waals surface area contributed by atoms with E-state index in [0.29, 0.717) is 7.18 Å². The summed E-state index contributed by atoms with van der Waals surface area (Å²) >= 11 is 0. The minimum absolute atomic E-state index is 0.500. The number of halogens is 1. The Labute approximate surface area is 84.8 Å². The highest BCUT2D eigenvalue weighted by Crippen LogP contribution is 2.15. The third-order valence-electron chi connectivity index (χ3n) is 2.09. The van der Waals surface area contributed by atoms with Gasteiger partial charge >= 0.3 is 0 Å². The van der Waals surface area contributed by atoms with Crippen molar-refractivity contribution >= 4 is 12.2 Å². The lowest BCUT2D eigenvalue weighted by Gasteiger charge is -2.02. The van der Waals surface area contributed by atoms with Crippen LogP contribution in [0.2, 0.25) is 0 Å². The molecule has 0 saturated heterocycles. The Hall–Kier alpha value is -1.37. The molecule has 0 heterocycles. The van der Waals surface area contributed by atoms with Crippen LogP contribution in [0.25, 0.3) is 12.2 Å². The molecule has 0 N–H and O–H groups in total. The van der Waals surface area contributed by atoms with E-state index in [1.165, 1.54) is 11.1 Å². The summed E-state index contributed by atoms with van der Waals surface area (Å²) in [4.78, 5) is 0. The summed E-state index contributed by atoms with van der Waals surface area (Å²) in [5, 5.41) is 0. The van der Waals surface area contributed by atoms with Gasteiger partial charge in [0.1, 0.15) is 0 Å². The second-order valence-electron chi connectivity index (χ2n) is 3.01. The maximum absolute atomic E-state index is 9.50. The van der Waals surface area contributed by atoms with Gasteiger partial charge in [0, 0.05) is 0 Å². The van der Waals surface area contributed by atoms with Gasteiger partial charge in [0.2, 0.25) is 0 Å². The van der Waals surface area contributed by atoms with Crippen LogP contribution in [-0.4, -0.2) is 7.18 Å². The fourth-order valence-corrected chi connectivity index (χ4v) is 1.43. The second kappa shape index (κ2) is 6.14. The molecule has 1 aliphatic carbocycles. The third-order valence-corrected chi connectivity index (χ3v) is 2.09. The molecule has 1 aliphatic rings. The summed E-state index contributed by atoms with van der Waals surface area (Å²) in [7, 11) is 0.500. The van der Waals surface area contributed by atoms with Crippen molar-refractivity contribution in [1.82, 2.24) is 0 Å². The average molecular weight is 190 g/mol. The maximum atomic E-state index is 9.50. The second-order valence-corrected chi connectivity index (χ2v) is 3.01. The van der Waals surface area contributed by atoms with E-state index in [2.05, 4.69) is 48.6 Å². The van der Waals surface area contributed by atoms with Crippen molar-refractivity contribution < 1.29 is 4.39 Å². The molecule has 1 heteroatoms. The average Bonchev–Trinajstić information content (AvgIpc) is 2.22. The Balaban J connectivity index is 0.000000461. The fourth-order valence-electron chi connectivity index (χ4n) is 1.43. The minimum Gasteiger partial charge on any atom is -0.255 e. The quantitative estimate of drug-likeness (QED) is 0.578. The molecule has 0 unspecified atom stereocenters. The molecule has 0 spiro atoms. The van der Waals surface area contributed by atoms with Crippen LogP contribution < -0.4 is 0 Å². The number of alkyl halides is 1. The Morgan fingerprint density at radius 2 is 1.29 bits per heavy atom. The van der Waals surface area contributed by atoms with E-state index in [4.69, 9.17) is 0 Å². The van der Waals surface area contributed by atoms with Crippen LogP contribution in [0.15, 0.2) is 36.4 Å². The molecule has 0 bridgehead atoms. The summed E-state index contributed by atoms with van der Waals surface area (Å²) in [5.41, 5.74) is 2.65. The third kappa shape index (κ3) is 2.84. The summed E-state index contributed by atoms with van der Waals surface area (Å²) in [6.45, 7) is 0. The van der Waals surface area contributed by atoms with E-state index in [-0.39, 0.29) is 0 Å². The topological polar surface area (TPSA) is 0 Å². The van der Waals surface area contributed by atoms with Gasteiger partial charge in [-0.05, 0) is 24.0 Å². The standard InChI is InChI=1S/C12H12.CH3F/c1-2-4-8-12-10-6-5-9-11(12)7-3-1;1-2/h3-10H,1-2H2;1H3/b7-3-,8-4-;. The van der Waals surface area contributed by atoms with Gasteiger partial charge in [-0.3, -0.25) is 4.39 Å². The summed E-state index contributed by atoms with van der Waals surface area (Å²) in [6, 6.07) is 8.47. The predicted molar refractivity (Wildman–Crippen MR) is 60.8 cm³/mol. The maximum Gasteiger partial charge on any atom is 0.0785 e. The van der Waals surface area contributed by atoms with Gasteiger partial charge < -0.3 is 0 Å². The lowest BCUT2D eigenvalue weighted by Crippen LogP contribution is -1.81. The number of fused-ring (bicyclic) bond motifs is 1. The van der Waals surface area contributed by atoms with Crippen LogP contribution >= 0.6 is 0 Å². The van der Waals surface area contributed by atoms with Gasteiger partial charge in [-0.15, -0.1) is 0 Å². The number of benzene rings is 1. The molecule has 14 heavy (non-hydrogen) atoms. The number of rotatable bonds is 0. The number of hydrogen-bond donors (Lipinski definition) is 0. The molecule has 74 valence electrons. The van der Waals surface area contributed by atoms with E-state index in [1.807, 2.05) is 0 Å². The van der Waals surface area contributed by atoms with Crippen LogP contribution in [-0.2, 0) is 0 Å². The molecular formula is C13H15F. The molecule has 0 nitrogen and oxygen atoms in total. The van der Waals surface area contributed by atoms with Crippen molar-refractivity contribution in [2.75, 3.05) is 7.18 Å². The zero-order valence-electron chi connectivity index (χ0n) is 8.41. The van der Waals surface area contributed by atoms with Crippen LogP contribution in [0.5, 0.6) is 0 Å². The molecule has 0 radical (unpaired) electrons. The van der Waals surface area contributed by atoms with Crippen molar-refractivity contribution in [2.24, 2.45) is 0 Å². The Morgan fingerprint density at radius 3 is 1.71 bits per heavy atom. The van der Waals surface area contributed by atoms with Gasteiger partial charge in [-0.2, -0.15) is 0 Å². The first-order valence-corrected chi connectivity index (χ1v) is 4.77. The van der Waals surface area contributed by atoms with Crippen LogP contribution in [0.4, 0.5) is 4.39 Å². The molecule has 0 fully saturated rings. The first kappa shape index (κ1) is 10.7.